The molecule has 158 valence electrons. The van der Waals surface area contributed by atoms with E-state index in [1.165, 1.54) is 5.56 Å². The van der Waals surface area contributed by atoms with E-state index in [1.807, 2.05) is 24.8 Å². The standard InChI is InChI=1S/C22H37NO3SSi/c1-7-9-13-16-22(3,27-17-19-14-11-10-12-15-19)20(23-18-24)21(25-8-2)26-28(4,5)6/h10-12,14-15,18H,7-9,13,16-17H2,1-6H3,(H,23,24)/b21-20+. The van der Waals surface area contributed by atoms with Crippen LogP contribution >= 0.6 is 11.8 Å². The Morgan fingerprint density at radius 1 is 1.18 bits per heavy atom. The molecule has 6 heteroatoms. The lowest BCUT2D eigenvalue weighted by Gasteiger charge is -2.34. The lowest BCUT2D eigenvalue weighted by Crippen LogP contribution is -2.37. The molecular formula is C22H37NO3SSi. The molecular weight excluding hydrogens is 386 g/mol. The number of rotatable bonds is 14. The number of carbonyl (C=O) groups is 1. The van der Waals surface area contributed by atoms with E-state index in [0.717, 1.165) is 43.5 Å². The summed E-state index contributed by atoms with van der Waals surface area (Å²) in [5.41, 5.74) is 2.02. The molecule has 0 saturated carbocycles. The number of ether oxygens (including phenoxy) is 1. The molecule has 0 radical (unpaired) electrons. The van der Waals surface area contributed by atoms with Gasteiger partial charge in [-0.3, -0.25) is 4.79 Å². The number of amides is 1. The first-order chi connectivity index (χ1) is 13.3. The van der Waals surface area contributed by atoms with Crippen LogP contribution in [0.5, 0.6) is 0 Å². The zero-order valence-electron chi connectivity index (χ0n) is 18.3. The van der Waals surface area contributed by atoms with Gasteiger partial charge in [0.1, 0.15) is 5.70 Å². The summed E-state index contributed by atoms with van der Waals surface area (Å²) >= 11 is 1.83. The molecule has 0 saturated heterocycles. The minimum absolute atomic E-state index is 0.309. The first kappa shape index (κ1) is 24.6. The van der Waals surface area contributed by atoms with Gasteiger partial charge in [0.25, 0.3) is 5.95 Å². The number of benzene rings is 1. The van der Waals surface area contributed by atoms with Crippen molar-refractivity contribution >= 4 is 26.5 Å². The topological polar surface area (TPSA) is 47.6 Å². The highest BCUT2D eigenvalue weighted by molar-refractivity contribution is 8.00. The van der Waals surface area contributed by atoms with Crippen LogP contribution < -0.4 is 5.32 Å². The second kappa shape index (κ2) is 12.2. The summed E-state index contributed by atoms with van der Waals surface area (Å²) in [5, 5.41) is 2.94. The van der Waals surface area contributed by atoms with Gasteiger partial charge in [-0.1, -0.05) is 56.5 Å². The van der Waals surface area contributed by atoms with Crippen molar-refractivity contribution in [2.75, 3.05) is 6.61 Å². The molecule has 1 amide bonds. The third-order valence-corrected chi connectivity index (χ3v) is 6.59. The summed E-state index contributed by atoms with van der Waals surface area (Å²) < 4.78 is 11.8. The molecule has 1 rings (SSSR count). The number of hydrogen-bond acceptors (Lipinski definition) is 4. The van der Waals surface area contributed by atoms with Crippen LogP contribution in [0.1, 0.15) is 52.0 Å². The highest BCUT2D eigenvalue weighted by Crippen LogP contribution is 2.40. The summed E-state index contributed by atoms with van der Waals surface area (Å²) in [6.45, 7) is 13.2. The van der Waals surface area contributed by atoms with Crippen molar-refractivity contribution in [3.8, 4) is 0 Å². The normalized spacial score (nSPS) is 14.6. The highest BCUT2D eigenvalue weighted by atomic mass is 32.2. The smallest absolute Gasteiger partial charge is 0.287 e. The van der Waals surface area contributed by atoms with Crippen LogP contribution in [-0.2, 0) is 19.7 Å². The van der Waals surface area contributed by atoms with Crippen LogP contribution in [0, 0.1) is 0 Å². The quantitative estimate of drug-likeness (QED) is 0.171. The Morgan fingerprint density at radius 3 is 2.39 bits per heavy atom. The molecule has 4 nitrogen and oxygen atoms in total. The summed E-state index contributed by atoms with van der Waals surface area (Å²) in [4.78, 5) is 11.5. The summed E-state index contributed by atoms with van der Waals surface area (Å²) in [6, 6.07) is 10.4. The molecule has 28 heavy (non-hydrogen) atoms. The number of thioether (sulfide) groups is 1. The molecule has 0 aromatic heterocycles. The van der Waals surface area contributed by atoms with E-state index in [2.05, 4.69) is 63.1 Å². The number of unbranched alkanes of at least 4 members (excludes halogenated alkanes) is 2. The zero-order chi connectivity index (χ0) is 21.0. The lowest BCUT2D eigenvalue weighted by atomic mass is 9.98. The Labute approximate surface area is 176 Å². The van der Waals surface area contributed by atoms with Gasteiger partial charge in [-0.05, 0) is 45.5 Å². The average molecular weight is 424 g/mol. The maximum atomic E-state index is 11.5. The van der Waals surface area contributed by atoms with Gasteiger partial charge in [0, 0.05) is 5.75 Å². The fraction of sp³-hybridized carbons (Fsp3) is 0.591. The van der Waals surface area contributed by atoms with Gasteiger partial charge in [-0.15, -0.1) is 11.8 Å². The van der Waals surface area contributed by atoms with E-state index in [4.69, 9.17) is 9.16 Å². The molecule has 1 atom stereocenters. The molecule has 1 N–H and O–H groups in total. The van der Waals surface area contributed by atoms with E-state index in [0.29, 0.717) is 12.6 Å². The Bertz CT molecular complexity index is 616. The molecule has 1 aromatic carbocycles. The van der Waals surface area contributed by atoms with E-state index in [-0.39, 0.29) is 4.75 Å². The van der Waals surface area contributed by atoms with Crippen molar-refractivity contribution in [2.45, 2.75) is 76.6 Å². The van der Waals surface area contributed by atoms with Crippen molar-refractivity contribution in [1.82, 2.24) is 5.32 Å². The molecule has 0 aliphatic carbocycles. The van der Waals surface area contributed by atoms with Crippen molar-refractivity contribution in [3.05, 3.63) is 47.5 Å². The van der Waals surface area contributed by atoms with Crippen LogP contribution in [0.25, 0.3) is 0 Å². The molecule has 0 heterocycles. The first-order valence-electron chi connectivity index (χ1n) is 10.2. The van der Waals surface area contributed by atoms with Gasteiger partial charge in [0.15, 0.2) is 0 Å². The molecule has 0 spiro atoms. The van der Waals surface area contributed by atoms with Crippen LogP contribution in [-0.4, -0.2) is 26.1 Å². The number of hydrogen-bond donors (Lipinski definition) is 1. The molecule has 0 fully saturated rings. The van der Waals surface area contributed by atoms with Gasteiger partial charge < -0.3 is 14.5 Å². The molecule has 1 unspecified atom stereocenters. The minimum atomic E-state index is -1.90. The maximum Gasteiger partial charge on any atom is 0.287 e. The van der Waals surface area contributed by atoms with E-state index in [9.17, 15) is 4.79 Å². The van der Waals surface area contributed by atoms with Crippen molar-refractivity contribution in [1.29, 1.82) is 0 Å². The Kier molecular flexibility index (Phi) is 10.8. The summed E-state index contributed by atoms with van der Waals surface area (Å²) in [7, 11) is -1.90. The fourth-order valence-corrected chi connectivity index (χ4v) is 4.82. The van der Waals surface area contributed by atoms with Crippen molar-refractivity contribution in [3.63, 3.8) is 0 Å². The lowest BCUT2D eigenvalue weighted by molar-refractivity contribution is -0.109. The van der Waals surface area contributed by atoms with Crippen LogP contribution in [0.4, 0.5) is 0 Å². The predicted octanol–water partition coefficient (Wildman–Crippen LogP) is 6.06. The van der Waals surface area contributed by atoms with Crippen LogP contribution in [0.2, 0.25) is 19.6 Å². The molecule has 0 aliphatic heterocycles. The largest absolute Gasteiger partial charge is 0.518 e. The maximum absolute atomic E-state index is 11.5. The summed E-state index contributed by atoms with van der Waals surface area (Å²) in [5.74, 6) is 1.34. The van der Waals surface area contributed by atoms with Gasteiger partial charge in [0.05, 0.1) is 11.4 Å². The first-order valence-corrected chi connectivity index (χ1v) is 14.6. The van der Waals surface area contributed by atoms with E-state index < -0.39 is 8.32 Å². The van der Waals surface area contributed by atoms with Gasteiger partial charge in [-0.25, -0.2) is 0 Å². The Hall–Kier alpha value is -1.40. The second-order valence-corrected chi connectivity index (χ2v) is 13.9. The number of nitrogens with one attached hydrogen (secondary N) is 1. The zero-order valence-corrected chi connectivity index (χ0v) is 20.2. The Balaban J connectivity index is 3.27. The molecule has 1 aromatic rings. The van der Waals surface area contributed by atoms with E-state index >= 15 is 0 Å². The third kappa shape index (κ3) is 8.74. The van der Waals surface area contributed by atoms with Gasteiger partial charge in [-0.2, -0.15) is 0 Å². The molecule has 0 bridgehead atoms. The second-order valence-electron chi connectivity index (χ2n) is 8.03. The van der Waals surface area contributed by atoms with Gasteiger partial charge in [0.2, 0.25) is 14.7 Å². The number of carbonyl (C=O) groups excluding carboxylic acids is 1. The average Bonchev–Trinajstić information content (AvgIpc) is 2.64. The Morgan fingerprint density at radius 2 is 1.86 bits per heavy atom. The van der Waals surface area contributed by atoms with Gasteiger partial charge >= 0.3 is 0 Å². The predicted molar refractivity (Wildman–Crippen MR) is 123 cm³/mol. The van der Waals surface area contributed by atoms with Crippen LogP contribution in [0.15, 0.2) is 42.0 Å². The van der Waals surface area contributed by atoms with Crippen LogP contribution in [0.3, 0.4) is 0 Å². The summed E-state index contributed by atoms with van der Waals surface area (Å²) in [6.07, 6.45) is 5.09. The highest BCUT2D eigenvalue weighted by Gasteiger charge is 2.35. The third-order valence-electron chi connectivity index (χ3n) is 4.27. The fourth-order valence-electron chi connectivity index (χ4n) is 2.85. The monoisotopic (exact) mass is 423 g/mol. The molecule has 0 aliphatic rings. The minimum Gasteiger partial charge on any atom is -0.518 e. The SMILES string of the molecule is CCCCCC(C)(SCc1ccccc1)/C(NC=O)=C(/OCC)O[Si](C)(C)C. The van der Waals surface area contributed by atoms with E-state index in [1.54, 1.807) is 0 Å². The van der Waals surface area contributed by atoms with Crippen molar-refractivity contribution in [2.24, 2.45) is 0 Å². The van der Waals surface area contributed by atoms with Crippen molar-refractivity contribution < 1.29 is 14.0 Å².